The Morgan fingerprint density at radius 1 is 1.18 bits per heavy atom. The van der Waals surface area contributed by atoms with Gasteiger partial charge in [-0.3, -0.25) is 0 Å². The monoisotopic (exact) mass is 335 g/mol. The first-order valence-electron chi connectivity index (χ1n) is 8.06. The van der Waals surface area contributed by atoms with Crippen LogP contribution in [-0.4, -0.2) is 67.2 Å². The van der Waals surface area contributed by atoms with Crippen molar-refractivity contribution in [2.24, 2.45) is 11.5 Å². The third-order valence-electron chi connectivity index (χ3n) is 4.11. The first kappa shape index (κ1) is 22.0. The Balaban J connectivity index is 4.46. The molecule has 0 spiro atoms. The van der Waals surface area contributed by atoms with Crippen LogP contribution in [0.3, 0.4) is 0 Å². The largest absolute Gasteiger partial charge is 0.398 e. The van der Waals surface area contributed by atoms with Crippen LogP contribution in [0, 0.1) is 0 Å². The van der Waals surface area contributed by atoms with Gasteiger partial charge >= 0.3 is 0 Å². The van der Waals surface area contributed by atoms with Crippen LogP contribution in [0.4, 0.5) is 0 Å². The zero-order chi connectivity index (χ0) is 17.6. The summed E-state index contributed by atoms with van der Waals surface area (Å²) in [5, 5.41) is 17.8. The quantitative estimate of drug-likeness (QED) is 0.326. The summed E-state index contributed by atoms with van der Waals surface area (Å²) < 4.78 is 6.19. The van der Waals surface area contributed by atoms with Crippen LogP contribution >= 0.6 is 0 Å². The lowest BCUT2D eigenvalue weighted by Gasteiger charge is -2.44. The standard InChI is InChI=1S/C15H37N3O3Si/c1-14(2,16)21-22(6,15(3,4)17)11-10-18(5)9-7-8-13(20)12-19/h13,19-20H,7-12,16-17H2,1-6H3. The summed E-state index contributed by atoms with van der Waals surface area (Å²) in [5.41, 5.74) is 11.7. The van der Waals surface area contributed by atoms with Gasteiger partial charge in [0.2, 0.25) is 8.32 Å². The minimum atomic E-state index is -2.20. The molecular formula is C15H37N3O3Si. The zero-order valence-corrected chi connectivity index (χ0v) is 16.2. The minimum absolute atomic E-state index is 0.171. The molecule has 6 nitrogen and oxygen atoms in total. The Bertz CT molecular complexity index is 318. The molecule has 0 saturated carbocycles. The van der Waals surface area contributed by atoms with Crippen LogP contribution < -0.4 is 11.5 Å². The van der Waals surface area contributed by atoms with Gasteiger partial charge in [0.25, 0.3) is 0 Å². The van der Waals surface area contributed by atoms with Crippen LogP contribution in [-0.2, 0) is 4.43 Å². The highest BCUT2D eigenvalue weighted by Crippen LogP contribution is 2.27. The summed E-state index contributed by atoms with van der Waals surface area (Å²) in [4.78, 5) is 2.22. The van der Waals surface area contributed by atoms with E-state index >= 15 is 0 Å². The van der Waals surface area contributed by atoms with E-state index in [-0.39, 0.29) is 11.8 Å². The van der Waals surface area contributed by atoms with Gasteiger partial charge in [-0.1, -0.05) is 0 Å². The summed E-state index contributed by atoms with van der Waals surface area (Å²) in [5.74, 6) is 0. The van der Waals surface area contributed by atoms with Crippen LogP contribution in [0.25, 0.3) is 0 Å². The molecule has 0 radical (unpaired) electrons. The van der Waals surface area contributed by atoms with E-state index in [0.717, 1.165) is 25.6 Å². The molecule has 2 unspecified atom stereocenters. The van der Waals surface area contributed by atoms with Crippen LogP contribution in [0.1, 0.15) is 40.5 Å². The molecule has 0 saturated heterocycles. The second-order valence-electron chi connectivity index (χ2n) is 7.69. The summed E-state index contributed by atoms with van der Waals surface area (Å²) in [6.45, 7) is 11.5. The Labute approximate surface area is 136 Å². The lowest BCUT2D eigenvalue weighted by Crippen LogP contribution is -2.65. The molecule has 134 valence electrons. The number of aliphatic hydroxyl groups excluding tert-OH is 2. The van der Waals surface area contributed by atoms with Gasteiger partial charge in [-0.15, -0.1) is 0 Å². The lowest BCUT2D eigenvalue weighted by molar-refractivity contribution is 0.0837. The SMILES string of the molecule is CN(CCCC(O)CO)CC[Si](C)(OC(C)(C)N)C(C)(C)N. The Morgan fingerprint density at radius 2 is 1.73 bits per heavy atom. The van der Waals surface area contributed by atoms with Crippen molar-refractivity contribution in [1.82, 2.24) is 4.90 Å². The van der Waals surface area contributed by atoms with Gasteiger partial charge in [-0.2, -0.15) is 0 Å². The van der Waals surface area contributed by atoms with E-state index in [9.17, 15) is 5.11 Å². The van der Waals surface area contributed by atoms with Gasteiger partial charge in [0.15, 0.2) is 0 Å². The number of hydrogen-bond donors (Lipinski definition) is 4. The maximum atomic E-state index is 9.35. The fourth-order valence-corrected chi connectivity index (χ4v) is 5.27. The fourth-order valence-electron chi connectivity index (χ4n) is 2.29. The molecule has 0 rings (SSSR count). The molecule has 2 atom stereocenters. The van der Waals surface area contributed by atoms with E-state index in [1.165, 1.54) is 0 Å². The number of rotatable bonds is 11. The van der Waals surface area contributed by atoms with Gasteiger partial charge in [-0.25, -0.2) is 0 Å². The molecule has 0 amide bonds. The summed E-state index contributed by atoms with van der Waals surface area (Å²) >= 11 is 0. The van der Waals surface area contributed by atoms with Gasteiger partial charge < -0.3 is 31.0 Å². The number of nitrogens with two attached hydrogens (primary N) is 2. The molecule has 0 aromatic heterocycles. The maximum absolute atomic E-state index is 9.35. The van der Waals surface area contributed by atoms with Gasteiger partial charge in [0.1, 0.15) is 0 Å². The summed E-state index contributed by atoms with van der Waals surface area (Å²) in [7, 11) is -0.143. The van der Waals surface area contributed by atoms with E-state index < -0.39 is 20.1 Å². The summed E-state index contributed by atoms with van der Waals surface area (Å²) in [6, 6.07) is 0.899. The Kier molecular flexibility index (Phi) is 8.71. The predicted octanol–water partition coefficient (Wildman–Crippen LogP) is 0.615. The van der Waals surface area contributed by atoms with Crippen molar-refractivity contribution in [3.63, 3.8) is 0 Å². The zero-order valence-electron chi connectivity index (χ0n) is 15.2. The smallest absolute Gasteiger partial charge is 0.212 e. The molecule has 0 aliphatic rings. The van der Waals surface area contributed by atoms with Crippen molar-refractivity contribution >= 4 is 8.32 Å². The lowest BCUT2D eigenvalue weighted by atomic mass is 10.2. The number of nitrogens with zero attached hydrogens (tertiary/aromatic N) is 1. The van der Waals surface area contributed by atoms with Crippen LogP contribution in [0.15, 0.2) is 0 Å². The van der Waals surface area contributed by atoms with E-state index in [2.05, 4.69) is 18.5 Å². The van der Waals surface area contributed by atoms with Crippen molar-refractivity contribution < 1.29 is 14.6 Å². The second kappa shape index (κ2) is 8.72. The first-order valence-corrected chi connectivity index (χ1v) is 10.7. The third kappa shape index (κ3) is 8.57. The van der Waals surface area contributed by atoms with E-state index in [0.29, 0.717) is 6.42 Å². The molecule has 22 heavy (non-hydrogen) atoms. The van der Waals surface area contributed by atoms with Crippen molar-refractivity contribution in [2.45, 2.75) is 70.1 Å². The fraction of sp³-hybridized carbons (Fsp3) is 1.00. The number of hydrogen-bond acceptors (Lipinski definition) is 6. The van der Waals surface area contributed by atoms with Crippen molar-refractivity contribution in [3.05, 3.63) is 0 Å². The average molecular weight is 336 g/mol. The Hall–Kier alpha value is -0.0231. The molecule has 0 aliphatic carbocycles. The molecule has 7 heteroatoms. The molecule has 0 bridgehead atoms. The maximum Gasteiger partial charge on any atom is 0.212 e. The molecular weight excluding hydrogens is 298 g/mol. The van der Waals surface area contributed by atoms with E-state index in [4.69, 9.17) is 21.0 Å². The highest BCUT2D eigenvalue weighted by Gasteiger charge is 2.45. The summed E-state index contributed by atoms with van der Waals surface area (Å²) in [6.07, 6.45) is 0.855. The highest BCUT2D eigenvalue weighted by molar-refractivity contribution is 6.75. The van der Waals surface area contributed by atoms with E-state index in [1.54, 1.807) is 0 Å². The second-order valence-corrected chi connectivity index (χ2v) is 12.1. The molecule has 0 heterocycles. The van der Waals surface area contributed by atoms with Crippen LogP contribution in [0.2, 0.25) is 12.6 Å². The molecule has 0 aromatic carbocycles. The molecule has 6 N–H and O–H groups in total. The highest BCUT2D eigenvalue weighted by atomic mass is 28.4. The predicted molar refractivity (Wildman–Crippen MR) is 93.9 cm³/mol. The molecule has 0 aromatic rings. The molecule has 0 fully saturated rings. The van der Waals surface area contributed by atoms with Crippen molar-refractivity contribution in [1.29, 1.82) is 0 Å². The van der Waals surface area contributed by atoms with Gasteiger partial charge in [0.05, 0.1) is 18.4 Å². The van der Waals surface area contributed by atoms with Crippen LogP contribution in [0.5, 0.6) is 0 Å². The normalized spacial score (nSPS) is 17.6. The number of aliphatic hydroxyl groups is 2. The molecule has 0 aliphatic heterocycles. The van der Waals surface area contributed by atoms with Gasteiger partial charge in [-0.05, 0) is 73.3 Å². The minimum Gasteiger partial charge on any atom is -0.398 e. The first-order chi connectivity index (χ1) is 9.81. The Morgan fingerprint density at radius 3 is 2.14 bits per heavy atom. The van der Waals surface area contributed by atoms with Gasteiger partial charge in [0, 0.05) is 5.16 Å². The van der Waals surface area contributed by atoms with Crippen molar-refractivity contribution in [3.8, 4) is 0 Å². The van der Waals surface area contributed by atoms with Crippen molar-refractivity contribution in [2.75, 3.05) is 26.7 Å². The van der Waals surface area contributed by atoms with E-state index in [1.807, 2.05) is 27.7 Å². The average Bonchev–Trinajstić information content (AvgIpc) is 2.32. The third-order valence-corrected chi connectivity index (χ3v) is 8.99. The topological polar surface area (TPSA) is 105 Å².